The second kappa shape index (κ2) is 7.59. The van der Waals surface area contributed by atoms with E-state index >= 15 is 0 Å². The summed E-state index contributed by atoms with van der Waals surface area (Å²) in [7, 11) is 0. The first-order chi connectivity index (χ1) is 10.2. The van der Waals surface area contributed by atoms with Crippen molar-refractivity contribution in [2.45, 2.75) is 31.4 Å². The third kappa shape index (κ3) is 4.72. The Kier molecular flexibility index (Phi) is 5.51. The van der Waals surface area contributed by atoms with Gasteiger partial charge in [-0.2, -0.15) is 0 Å². The molecule has 5 nitrogen and oxygen atoms in total. The van der Waals surface area contributed by atoms with Crippen LogP contribution in [0.5, 0.6) is 0 Å². The molecular formula is C16H19NO4. The van der Waals surface area contributed by atoms with Crippen molar-refractivity contribution in [3.05, 3.63) is 42.0 Å². The van der Waals surface area contributed by atoms with Crippen LogP contribution in [0.25, 0.3) is 6.08 Å². The molecule has 0 aromatic heterocycles. The summed E-state index contributed by atoms with van der Waals surface area (Å²) in [5.41, 5.74) is 0.993. The van der Waals surface area contributed by atoms with E-state index in [0.29, 0.717) is 13.0 Å². The smallest absolute Gasteiger partial charge is 0.326 e. The van der Waals surface area contributed by atoms with Crippen molar-refractivity contribution < 1.29 is 19.4 Å². The number of rotatable bonds is 6. The Labute approximate surface area is 123 Å². The number of ether oxygens (including phenoxy) is 1. The summed E-state index contributed by atoms with van der Waals surface area (Å²) in [5.74, 6) is -1.38. The van der Waals surface area contributed by atoms with Gasteiger partial charge >= 0.3 is 5.97 Å². The molecule has 0 spiro atoms. The predicted octanol–water partition coefficient (Wildman–Crippen LogP) is 1.84. The number of carbonyl (C=O) groups excluding carboxylic acids is 1. The summed E-state index contributed by atoms with van der Waals surface area (Å²) in [4.78, 5) is 23.1. The van der Waals surface area contributed by atoms with E-state index in [1.807, 2.05) is 36.4 Å². The highest BCUT2D eigenvalue weighted by Gasteiger charge is 2.27. The Bertz CT molecular complexity index is 506. The second-order valence-corrected chi connectivity index (χ2v) is 4.95. The Hall–Kier alpha value is -2.14. The highest BCUT2D eigenvalue weighted by atomic mass is 16.5. The van der Waals surface area contributed by atoms with Gasteiger partial charge in [-0.3, -0.25) is 4.79 Å². The minimum atomic E-state index is -1.04. The average molecular weight is 289 g/mol. The Morgan fingerprint density at radius 3 is 2.76 bits per heavy atom. The van der Waals surface area contributed by atoms with Crippen molar-refractivity contribution in [2.75, 3.05) is 6.61 Å². The largest absolute Gasteiger partial charge is 0.480 e. The first-order valence-corrected chi connectivity index (χ1v) is 7.03. The van der Waals surface area contributed by atoms with Gasteiger partial charge < -0.3 is 15.2 Å². The maximum Gasteiger partial charge on any atom is 0.326 e. The van der Waals surface area contributed by atoms with E-state index in [-0.39, 0.29) is 12.3 Å². The molecule has 0 bridgehead atoms. The van der Waals surface area contributed by atoms with Crippen LogP contribution in [0.2, 0.25) is 0 Å². The summed E-state index contributed by atoms with van der Waals surface area (Å²) in [6, 6.07) is 8.66. The number of carboxylic acids is 1. The van der Waals surface area contributed by atoms with E-state index in [2.05, 4.69) is 5.32 Å². The van der Waals surface area contributed by atoms with Crippen molar-refractivity contribution >= 4 is 18.0 Å². The topological polar surface area (TPSA) is 75.6 Å². The lowest BCUT2D eigenvalue weighted by Crippen LogP contribution is -2.45. The molecule has 0 saturated carbocycles. The third-order valence-electron chi connectivity index (χ3n) is 3.32. The molecule has 1 saturated heterocycles. The minimum Gasteiger partial charge on any atom is -0.480 e. The minimum absolute atomic E-state index is 0.239. The van der Waals surface area contributed by atoms with Crippen LogP contribution in [0.3, 0.4) is 0 Å². The number of hydrogen-bond acceptors (Lipinski definition) is 3. The zero-order valence-electron chi connectivity index (χ0n) is 11.7. The van der Waals surface area contributed by atoms with Gasteiger partial charge in [-0.1, -0.05) is 42.5 Å². The first-order valence-electron chi connectivity index (χ1n) is 7.03. The van der Waals surface area contributed by atoms with Crippen LogP contribution >= 0.6 is 0 Å². The van der Waals surface area contributed by atoms with Crippen molar-refractivity contribution in [3.8, 4) is 0 Å². The lowest BCUT2D eigenvalue weighted by molar-refractivity contribution is -0.143. The van der Waals surface area contributed by atoms with Crippen molar-refractivity contribution in [1.82, 2.24) is 5.32 Å². The van der Waals surface area contributed by atoms with Crippen LogP contribution in [0.15, 0.2) is 36.4 Å². The number of nitrogens with one attached hydrogen (secondary N) is 1. The number of benzene rings is 1. The zero-order valence-corrected chi connectivity index (χ0v) is 11.7. The summed E-state index contributed by atoms with van der Waals surface area (Å²) in [5, 5.41) is 11.7. The van der Waals surface area contributed by atoms with Gasteiger partial charge in [0, 0.05) is 6.61 Å². The Morgan fingerprint density at radius 1 is 1.38 bits per heavy atom. The standard InChI is InChI=1S/C16H19NO4/c18-15(14-10-5-11-21-14)17-13(16(19)20)9-4-8-12-6-2-1-3-7-12/h1-4,6-8,13-14H,5,9-11H2,(H,17,18)(H,19,20)/b8-4+/t13-,14-/m1/s1. The molecule has 2 rings (SSSR count). The highest BCUT2D eigenvalue weighted by Crippen LogP contribution is 2.12. The third-order valence-corrected chi connectivity index (χ3v) is 3.32. The SMILES string of the molecule is O=C(O)[C@@H](C/C=C/c1ccccc1)NC(=O)[C@H]1CCCO1. The zero-order chi connectivity index (χ0) is 15.1. The molecule has 112 valence electrons. The molecule has 1 fully saturated rings. The van der Waals surface area contributed by atoms with Crippen LogP contribution in [-0.2, 0) is 14.3 Å². The van der Waals surface area contributed by atoms with E-state index in [9.17, 15) is 14.7 Å². The van der Waals surface area contributed by atoms with Crippen molar-refractivity contribution in [2.24, 2.45) is 0 Å². The molecule has 1 heterocycles. The van der Waals surface area contributed by atoms with Gasteiger partial charge in [-0.15, -0.1) is 0 Å². The predicted molar refractivity (Wildman–Crippen MR) is 78.6 cm³/mol. The molecule has 0 unspecified atom stereocenters. The van der Waals surface area contributed by atoms with Crippen LogP contribution < -0.4 is 5.32 Å². The molecule has 1 aliphatic rings. The lowest BCUT2D eigenvalue weighted by Gasteiger charge is -2.15. The lowest BCUT2D eigenvalue weighted by atomic mass is 10.1. The fourth-order valence-corrected chi connectivity index (χ4v) is 2.17. The normalized spacial score (nSPS) is 19.5. The van der Waals surface area contributed by atoms with Crippen molar-refractivity contribution in [3.63, 3.8) is 0 Å². The fourth-order valence-electron chi connectivity index (χ4n) is 2.17. The molecule has 1 aliphatic heterocycles. The molecule has 5 heteroatoms. The highest BCUT2D eigenvalue weighted by molar-refractivity contribution is 5.86. The number of aliphatic carboxylic acids is 1. The summed E-state index contributed by atoms with van der Waals surface area (Å²) in [6.07, 6.45) is 4.81. The summed E-state index contributed by atoms with van der Waals surface area (Å²) >= 11 is 0. The van der Waals surface area contributed by atoms with E-state index in [0.717, 1.165) is 12.0 Å². The monoisotopic (exact) mass is 289 g/mol. The van der Waals surface area contributed by atoms with E-state index in [1.54, 1.807) is 6.08 Å². The van der Waals surface area contributed by atoms with E-state index < -0.39 is 18.1 Å². The van der Waals surface area contributed by atoms with Crippen LogP contribution in [0, 0.1) is 0 Å². The fraction of sp³-hybridized carbons (Fsp3) is 0.375. The molecule has 1 amide bonds. The Balaban J connectivity index is 1.88. The number of carboxylic acid groups (broad SMARTS) is 1. The molecule has 1 aromatic rings. The maximum atomic E-state index is 11.9. The van der Waals surface area contributed by atoms with E-state index in [4.69, 9.17) is 4.74 Å². The summed E-state index contributed by atoms with van der Waals surface area (Å²) in [6.45, 7) is 0.559. The van der Waals surface area contributed by atoms with Crippen LogP contribution in [0.4, 0.5) is 0 Å². The molecule has 0 aliphatic carbocycles. The first kappa shape index (κ1) is 15.3. The van der Waals surface area contributed by atoms with Crippen LogP contribution in [0.1, 0.15) is 24.8 Å². The average Bonchev–Trinajstić information content (AvgIpc) is 3.01. The van der Waals surface area contributed by atoms with Crippen LogP contribution in [-0.4, -0.2) is 35.7 Å². The van der Waals surface area contributed by atoms with Gasteiger partial charge in [0.05, 0.1) is 0 Å². The molecule has 0 radical (unpaired) electrons. The van der Waals surface area contributed by atoms with Gasteiger partial charge in [-0.05, 0) is 24.8 Å². The number of hydrogen-bond donors (Lipinski definition) is 2. The second-order valence-electron chi connectivity index (χ2n) is 4.95. The molecule has 1 aromatic carbocycles. The van der Waals surface area contributed by atoms with E-state index in [1.165, 1.54) is 0 Å². The molecular weight excluding hydrogens is 270 g/mol. The molecule has 2 atom stereocenters. The van der Waals surface area contributed by atoms with Gasteiger partial charge in [0.15, 0.2) is 0 Å². The maximum absolute atomic E-state index is 11.9. The Morgan fingerprint density at radius 2 is 2.14 bits per heavy atom. The van der Waals surface area contributed by atoms with Crippen molar-refractivity contribution in [1.29, 1.82) is 0 Å². The van der Waals surface area contributed by atoms with Gasteiger partial charge in [0.1, 0.15) is 12.1 Å². The van der Waals surface area contributed by atoms with Gasteiger partial charge in [0.25, 0.3) is 0 Å². The molecule has 21 heavy (non-hydrogen) atoms. The van der Waals surface area contributed by atoms with Gasteiger partial charge in [0.2, 0.25) is 5.91 Å². The molecule has 2 N–H and O–H groups in total. The summed E-state index contributed by atoms with van der Waals surface area (Å²) < 4.78 is 5.25. The number of carbonyl (C=O) groups is 2. The van der Waals surface area contributed by atoms with Gasteiger partial charge in [-0.25, -0.2) is 4.79 Å². The number of amides is 1. The quantitative estimate of drug-likeness (QED) is 0.838.